The van der Waals surface area contributed by atoms with Crippen LogP contribution in [0.25, 0.3) is 10.9 Å². The van der Waals surface area contributed by atoms with Crippen molar-refractivity contribution in [2.24, 2.45) is 0 Å². The van der Waals surface area contributed by atoms with Gasteiger partial charge in [0, 0.05) is 49.6 Å². The van der Waals surface area contributed by atoms with Crippen LogP contribution in [0.3, 0.4) is 0 Å². The molecule has 1 aromatic carbocycles. The number of rotatable bonds is 4. The van der Waals surface area contributed by atoms with Gasteiger partial charge in [0.1, 0.15) is 5.69 Å². The van der Waals surface area contributed by atoms with Gasteiger partial charge in [0.2, 0.25) is 0 Å². The number of fused-ring (bicyclic) bond motifs is 1. The third-order valence-corrected chi connectivity index (χ3v) is 5.00. The second-order valence-electron chi connectivity index (χ2n) is 6.66. The number of anilines is 2. The van der Waals surface area contributed by atoms with Gasteiger partial charge in [-0.25, -0.2) is 0 Å². The number of carbonyl (C=O) groups is 1. The molecule has 6 nitrogen and oxygen atoms in total. The van der Waals surface area contributed by atoms with E-state index in [9.17, 15) is 4.79 Å². The number of pyridine rings is 2. The molecule has 0 unspecified atom stereocenters. The number of hydrogen-bond acceptors (Lipinski definition) is 5. The topological polar surface area (TPSA) is 61.4 Å². The van der Waals surface area contributed by atoms with Crippen LogP contribution >= 0.6 is 0 Å². The summed E-state index contributed by atoms with van der Waals surface area (Å²) >= 11 is 0. The highest BCUT2D eigenvalue weighted by Crippen LogP contribution is 2.24. The second kappa shape index (κ2) is 7.72. The van der Waals surface area contributed by atoms with Gasteiger partial charge in [-0.05, 0) is 30.8 Å². The summed E-state index contributed by atoms with van der Waals surface area (Å²) in [5.74, 6) is -0.00884. The van der Waals surface area contributed by atoms with Crippen molar-refractivity contribution < 1.29 is 4.79 Å². The molecule has 0 atom stereocenters. The van der Waals surface area contributed by atoms with Crippen molar-refractivity contribution in [2.45, 2.75) is 6.92 Å². The van der Waals surface area contributed by atoms with Crippen molar-refractivity contribution in [2.75, 3.05) is 38.0 Å². The van der Waals surface area contributed by atoms with E-state index in [1.807, 2.05) is 47.4 Å². The largest absolute Gasteiger partial charge is 0.354 e. The molecule has 1 fully saturated rings. The minimum absolute atomic E-state index is 0.00884. The summed E-state index contributed by atoms with van der Waals surface area (Å²) in [5.41, 5.74) is 3.12. The van der Waals surface area contributed by atoms with Crippen molar-refractivity contribution >= 4 is 28.2 Å². The van der Waals surface area contributed by atoms with Crippen molar-refractivity contribution in [1.82, 2.24) is 19.8 Å². The zero-order chi connectivity index (χ0) is 18.6. The van der Waals surface area contributed by atoms with Gasteiger partial charge in [0.15, 0.2) is 0 Å². The molecule has 0 aliphatic carbocycles. The van der Waals surface area contributed by atoms with E-state index in [4.69, 9.17) is 0 Å². The Morgan fingerprint density at radius 2 is 1.85 bits per heavy atom. The van der Waals surface area contributed by atoms with E-state index < -0.39 is 0 Å². The van der Waals surface area contributed by atoms with Gasteiger partial charge in [0.05, 0.1) is 11.2 Å². The lowest BCUT2D eigenvalue weighted by Gasteiger charge is -2.33. The maximum absolute atomic E-state index is 12.8. The number of nitrogens with one attached hydrogen (secondary N) is 1. The zero-order valence-electron chi connectivity index (χ0n) is 15.4. The van der Waals surface area contributed by atoms with Gasteiger partial charge in [-0.3, -0.25) is 14.8 Å². The SMILES string of the molecule is CCN1CCN(C(=O)c2cc(Nc3cccc4cccnc34)ccn2)CC1. The first-order valence-corrected chi connectivity index (χ1v) is 9.33. The minimum atomic E-state index is -0.00884. The fourth-order valence-electron chi connectivity index (χ4n) is 3.42. The molecule has 1 saturated heterocycles. The molecule has 1 aliphatic rings. The summed E-state index contributed by atoms with van der Waals surface area (Å²) in [7, 11) is 0. The standard InChI is InChI=1S/C21H23N5O/c1-2-25-11-13-26(14-12-25)21(27)19-15-17(8-10-22-19)24-18-7-3-5-16-6-4-9-23-20(16)18/h3-10,15H,2,11-14H2,1H3,(H,22,24). The normalized spacial score (nSPS) is 15.1. The smallest absolute Gasteiger partial charge is 0.272 e. The summed E-state index contributed by atoms with van der Waals surface area (Å²) < 4.78 is 0. The quantitative estimate of drug-likeness (QED) is 0.773. The highest BCUT2D eigenvalue weighted by atomic mass is 16.2. The Hall–Kier alpha value is -2.99. The van der Waals surface area contributed by atoms with Crippen LogP contribution in [0.5, 0.6) is 0 Å². The van der Waals surface area contributed by atoms with Crippen LogP contribution in [0, 0.1) is 0 Å². The fourth-order valence-corrected chi connectivity index (χ4v) is 3.42. The number of hydrogen-bond donors (Lipinski definition) is 1. The van der Waals surface area contributed by atoms with Gasteiger partial charge < -0.3 is 15.1 Å². The van der Waals surface area contributed by atoms with Crippen LogP contribution in [-0.2, 0) is 0 Å². The van der Waals surface area contributed by atoms with Gasteiger partial charge in [-0.15, -0.1) is 0 Å². The Kier molecular flexibility index (Phi) is 4.98. The molecule has 0 bridgehead atoms. The van der Waals surface area contributed by atoms with Gasteiger partial charge in [0.25, 0.3) is 5.91 Å². The van der Waals surface area contributed by atoms with Crippen LogP contribution in [0.4, 0.5) is 11.4 Å². The predicted octanol–water partition coefficient (Wildman–Crippen LogP) is 3.15. The molecule has 0 saturated carbocycles. The zero-order valence-corrected chi connectivity index (χ0v) is 15.4. The molecule has 0 spiro atoms. The lowest BCUT2D eigenvalue weighted by Crippen LogP contribution is -2.48. The number of carbonyl (C=O) groups excluding carboxylic acids is 1. The highest BCUT2D eigenvalue weighted by Gasteiger charge is 2.22. The van der Waals surface area contributed by atoms with E-state index in [2.05, 4.69) is 27.1 Å². The number of likely N-dealkylation sites (N-methyl/N-ethyl adjacent to an activating group) is 1. The first kappa shape index (κ1) is 17.4. The van der Waals surface area contributed by atoms with E-state index in [1.54, 1.807) is 12.4 Å². The molecule has 3 aromatic rings. The van der Waals surface area contributed by atoms with Crippen LogP contribution in [0.15, 0.2) is 54.9 Å². The van der Waals surface area contributed by atoms with E-state index in [0.717, 1.165) is 55.0 Å². The van der Waals surface area contributed by atoms with Crippen LogP contribution in [-0.4, -0.2) is 58.4 Å². The Morgan fingerprint density at radius 1 is 1.04 bits per heavy atom. The first-order chi connectivity index (χ1) is 13.2. The van der Waals surface area contributed by atoms with E-state index in [-0.39, 0.29) is 5.91 Å². The van der Waals surface area contributed by atoms with Gasteiger partial charge >= 0.3 is 0 Å². The lowest BCUT2D eigenvalue weighted by molar-refractivity contribution is 0.0637. The number of para-hydroxylation sites is 1. The number of piperazine rings is 1. The fraction of sp³-hybridized carbons (Fsp3) is 0.286. The Labute approximate surface area is 158 Å². The number of benzene rings is 1. The van der Waals surface area contributed by atoms with Crippen LogP contribution in [0.1, 0.15) is 17.4 Å². The van der Waals surface area contributed by atoms with E-state index >= 15 is 0 Å². The van der Waals surface area contributed by atoms with E-state index in [1.165, 1.54) is 0 Å². The number of nitrogens with zero attached hydrogens (tertiary/aromatic N) is 4. The molecular formula is C21H23N5O. The molecule has 27 heavy (non-hydrogen) atoms. The maximum atomic E-state index is 12.8. The van der Waals surface area contributed by atoms with Gasteiger partial charge in [-0.1, -0.05) is 25.1 Å². The molecule has 1 amide bonds. The summed E-state index contributed by atoms with van der Waals surface area (Å²) in [6.45, 7) is 6.51. The van der Waals surface area contributed by atoms with E-state index in [0.29, 0.717) is 5.69 Å². The molecule has 138 valence electrons. The third-order valence-electron chi connectivity index (χ3n) is 5.00. The van der Waals surface area contributed by atoms with Crippen molar-refractivity contribution in [1.29, 1.82) is 0 Å². The predicted molar refractivity (Wildman–Crippen MR) is 107 cm³/mol. The molecule has 1 N–H and O–H groups in total. The molecule has 3 heterocycles. The Morgan fingerprint density at radius 3 is 2.67 bits per heavy atom. The Balaban J connectivity index is 1.53. The molecular weight excluding hydrogens is 338 g/mol. The second-order valence-corrected chi connectivity index (χ2v) is 6.66. The van der Waals surface area contributed by atoms with Crippen molar-refractivity contribution in [3.8, 4) is 0 Å². The molecule has 4 rings (SSSR count). The van der Waals surface area contributed by atoms with Crippen molar-refractivity contribution in [3.05, 3.63) is 60.6 Å². The molecule has 1 aliphatic heterocycles. The lowest BCUT2D eigenvalue weighted by atomic mass is 10.2. The van der Waals surface area contributed by atoms with Crippen molar-refractivity contribution in [3.63, 3.8) is 0 Å². The molecule has 0 radical (unpaired) electrons. The van der Waals surface area contributed by atoms with Crippen LogP contribution < -0.4 is 5.32 Å². The summed E-state index contributed by atoms with van der Waals surface area (Å²) in [6, 6.07) is 13.7. The number of amides is 1. The summed E-state index contributed by atoms with van der Waals surface area (Å²) in [5, 5.41) is 4.45. The minimum Gasteiger partial charge on any atom is -0.354 e. The molecule has 2 aromatic heterocycles. The maximum Gasteiger partial charge on any atom is 0.272 e. The summed E-state index contributed by atoms with van der Waals surface area (Å²) in [4.78, 5) is 25.8. The average molecular weight is 361 g/mol. The monoisotopic (exact) mass is 361 g/mol. The summed E-state index contributed by atoms with van der Waals surface area (Å²) in [6.07, 6.45) is 3.46. The average Bonchev–Trinajstić information content (AvgIpc) is 2.74. The molecule has 6 heteroatoms. The van der Waals surface area contributed by atoms with Crippen LogP contribution in [0.2, 0.25) is 0 Å². The van der Waals surface area contributed by atoms with Gasteiger partial charge in [-0.2, -0.15) is 0 Å². The highest BCUT2D eigenvalue weighted by molar-refractivity contribution is 5.95. The first-order valence-electron chi connectivity index (χ1n) is 9.33. The number of aromatic nitrogens is 2. The Bertz CT molecular complexity index is 945. The third kappa shape index (κ3) is 3.75.